The fraction of sp³-hybridized carbons (Fsp3) is 0. The summed E-state index contributed by atoms with van der Waals surface area (Å²) < 4.78 is 0. The summed E-state index contributed by atoms with van der Waals surface area (Å²) in [6.07, 6.45) is 2.87. The highest BCUT2D eigenvalue weighted by molar-refractivity contribution is 6.38. The van der Waals surface area contributed by atoms with Gasteiger partial charge in [-0.05, 0) is 18.2 Å². The van der Waals surface area contributed by atoms with E-state index in [0.717, 1.165) is 0 Å². The zero-order valence-corrected chi connectivity index (χ0v) is 10.0. The van der Waals surface area contributed by atoms with Crippen LogP contribution in [0.5, 0.6) is 0 Å². The van der Waals surface area contributed by atoms with Gasteiger partial charge in [0.15, 0.2) is 0 Å². The topological polar surface area (TPSA) is 58.1 Å². The van der Waals surface area contributed by atoms with Gasteiger partial charge < -0.3 is 0 Å². The first-order valence-electron chi connectivity index (χ1n) is 4.70. The summed E-state index contributed by atoms with van der Waals surface area (Å²) in [5.74, 6) is 0.390. The quantitative estimate of drug-likeness (QED) is 0.851. The lowest BCUT2D eigenvalue weighted by molar-refractivity contribution is 1.07. The predicted octanol–water partition coefficient (Wildman–Crippen LogP) is 2.83. The number of benzene rings is 1. The molecule has 0 fully saturated rings. The van der Waals surface area contributed by atoms with Crippen molar-refractivity contribution in [3.63, 3.8) is 0 Å². The third-order valence-corrected chi connectivity index (χ3v) is 2.65. The zero-order chi connectivity index (χ0) is 12.3. The molecular formula is C11H7Cl2N3O. The Hall–Kier alpha value is -1.65. The first kappa shape index (κ1) is 11.8. The average Bonchev–Trinajstić information content (AvgIpc) is 2.28. The van der Waals surface area contributed by atoms with Crippen molar-refractivity contribution in [3.8, 4) is 0 Å². The van der Waals surface area contributed by atoms with Gasteiger partial charge in [0.25, 0.3) is 0 Å². The Labute approximate surface area is 107 Å². The first-order valence-corrected chi connectivity index (χ1v) is 5.46. The number of rotatable bonds is 2. The van der Waals surface area contributed by atoms with Gasteiger partial charge in [-0.25, -0.2) is 14.8 Å². The number of hydrogen-bond acceptors (Lipinski definition) is 3. The maximum Gasteiger partial charge on any atom is 0.346 e. The molecule has 1 heterocycles. The molecule has 0 saturated heterocycles. The van der Waals surface area contributed by atoms with E-state index in [-0.39, 0.29) is 0 Å². The first-order chi connectivity index (χ1) is 8.16. The lowest BCUT2D eigenvalue weighted by Gasteiger charge is -1.99. The molecule has 0 unspecified atom stereocenters. The van der Waals surface area contributed by atoms with E-state index in [4.69, 9.17) is 23.2 Å². The Morgan fingerprint density at radius 1 is 1.24 bits per heavy atom. The van der Waals surface area contributed by atoms with Gasteiger partial charge in [-0.2, -0.15) is 0 Å². The van der Waals surface area contributed by atoms with Crippen LogP contribution >= 0.6 is 23.2 Å². The largest absolute Gasteiger partial charge is 0.346 e. The minimum atomic E-state index is -0.454. The van der Waals surface area contributed by atoms with Gasteiger partial charge >= 0.3 is 5.69 Å². The molecule has 1 aromatic carbocycles. The van der Waals surface area contributed by atoms with Crippen LogP contribution < -0.4 is 5.69 Å². The Morgan fingerprint density at radius 2 is 1.94 bits per heavy atom. The van der Waals surface area contributed by atoms with Crippen LogP contribution in [0, 0.1) is 0 Å². The highest BCUT2D eigenvalue weighted by Gasteiger charge is 2.01. The fourth-order valence-corrected chi connectivity index (χ4v) is 1.70. The van der Waals surface area contributed by atoms with Gasteiger partial charge in [-0.15, -0.1) is 0 Å². The monoisotopic (exact) mass is 267 g/mol. The molecule has 1 aromatic heterocycles. The molecule has 2 rings (SSSR count). The van der Waals surface area contributed by atoms with Gasteiger partial charge in [0, 0.05) is 18.0 Å². The molecule has 6 heteroatoms. The second kappa shape index (κ2) is 5.12. The Balaban J connectivity index is 2.35. The van der Waals surface area contributed by atoms with Crippen LogP contribution in [0.2, 0.25) is 10.0 Å². The molecule has 0 bridgehead atoms. The molecule has 0 atom stereocenters. The highest BCUT2D eigenvalue weighted by Crippen LogP contribution is 2.22. The van der Waals surface area contributed by atoms with Crippen LogP contribution in [0.25, 0.3) is 0 Å². The number of hydrogen-bond donors (Lipinski definition) is 1. The van der Waals surface area contributed by atoms with Crippen LogP contribution in [0.1, 0.15) is 5.56 Å². The van der Waals surface area contributed by atoms with E-state index in [1.807, 2.05) is 0 Å². The zero-order valence-electron chi connectivity index (χ0n) is 8.52. The Bertz CT molecular complexity index is 602. The van der Waals surface area contributed by atoms with Crippen LogP contribution in [0.3, 0.4) is 0 Å². The van der Waals surface area contributed by atoms with Gasteiger partial charge in [0.2, 0.25) is 0 Å². The molecule has 0 amide bonds. The molecule has 0 saturated carbocycles. The predicted molar refractivity (Wildman–Crippen MR) is 68.6 cm³/mol. The Kier molecular flexibility index (Phi) is 3.56. The van der Waals surface area contributed by atoms with Crippen LogP contribution in [-0.2, 0) is 0 Å². The summed E-state index contributed by atoms with van der Waals surface area (Å²) in [4.78, 5) is 21.0. The number of halogens is 2. The summed E-state index contributed by atoms with van der Waals surface area (Å²) in [7, 11) is 0. The van der Waals surface area contributed by atoms with Crippen molar-refractivity contribution in [1.29, 1.82) is 0 Å². The molecule has 4 nitrogen and oxygen atoms in total. The molecule has 1 N–H and O–H groups in total. The normalized spacial score (nSPS) is 10.9. The van der Waals surface area contributed by atoms with Crippen molar-refractivity contribution < 1.29 is 0 Å². The van der Waals surface area contributed by atoms with E-state index in [2.05, 4.69) is 15.0 Å². The number of aliphatic imine (C=N–C) groups is 1. The summed E-state index contributed by atoms with van der Waals surface area (Å²) in [5, 5.41) is 0.996. The minimum Gasteiger partial charge on any atom is -0.290 e. The van der Waals surface area contributed by atoms with Crippen molar-refractivity contribution in [1.82, 2.24) is 9.97 Å². The lowest BCUT2D eigenvalue weighted by atomic mass is 10.2. The smallest absolute Gasteiger partial charge is 0.290 e. The van der Waals surface area contributed by atoms with Gasteiger partial charge in [0.05, 0.1) is 10.0 Å². The second-order valence-corrected chi connectivity index (χ2v) is 3.97. The van der Waals surface area contributed by atoms with Crippen molar-refractivity contribution >= 4 is 35.2 Å². The maximum atomic E-state index is 10.9. The van der Waals surface area contributed by atoms with E-state index >= 15 is 0 Å². The van der Waals surface area contributed by atoms with Crippen molar-refractivity contribution in [2.24, 2.45) is 4.99 Å². The van der Waals surface area contributed by atoms with Crippen molar-refractivity contribution in [2.75, 3.05) is 0 Å². The average molecular weight is 268 g/mol. The van der Waals surface area contributed by atoms with Crippen LogP contribution in [0.15, 0.2) is 40.2 Å². The second-order valence-electron chi connectivity index (χ2n) is 3.15. The molecule has 2 aromatic rings. The molecule has 17 heavy (non-hydrogen) atoms. The summed E-state index contributed by atoms with van der Waals surface area (Å²) in [6, 6.07) is 6.74. The highest BCUT2D eigenvalue weighted by atomic mass is 35.5. The van der Waals surface area contributed by atoms with E-state index in [1.54, 1.807) is 24.3 Å². The molecule has 0 aliphatic carbocycles. The van der Waals surface area contributed by atoms with E-state index in [1.165, 1.54) is 12.4 Å². The summed E-state index contributed by atoms with van der Waals surface area (Å²) >= 11 is 11.9. The van der Waals surface area contributed by atoms with Crippen LogP contribution in [0.4, 0.5) is 5.82 Å². The van der Waals surface area contributed by atoms with E-state index < -0.39 is 5.69 Å². The molecule has 86 valence electrons. The summed E-state index contributed by atoms with van der Waals surface area (Å²) in [6.45, 7) is 0. The number of aromatic nitrogens is 2. The molecule has 0 radical (unpaired) electrons. The summed E-state index contributed by atoms with van der Waals surface area (Å²) in [5.41, 5.74) is 0.151. The number of nitrogens with one attached hydrogen (secondary N) is 1. The lowest BCUT2D eigenvalue weighted by Crippen LogP contribution is -2.07. The van der Waals surface area contributed by atoms with Crippen molar-refractivity contribution in [3.05, 3.63) is 56.6 Å². The molecular weight excluding hydrogens is 261 g/mol. The van der Waals surface area contributed by atoms with Gasteiger partial charge in [-0.1, -0.05) is 29.3 Å². The molecule has 0 aliphatic rings. The Morgan fingerprint density at radius 3 is 2.59 bits per heavy atom. The van der Waals surface area contributed by atoms with Crippen LogP contribution in [-0.4, -0.2) is 16.2 Å². The number of H-pyrrole nitrogens is 1. The van der Waals surface area contributed by atoms with Gasteiger partial charge in [0.1, 0.15) is 5.82 Å². The third-order valence-electron chi connectivity index (χ3n) is 1.99. The van der Waals surface area contributed by atoms with Crippen molar-refractivity contribution in [2.45, 2.75) is 0 Å². The number of aromatic amines is 1. The standard InChI is InChI=1S/C11H7Cl2N3O/c12-8-2-1-3-9(13)7(8)6-15-10-4-5-14-11(17)16-10/h1-6H,(H,14,16,17). The van der Waals surface area contributed by atoms with Gasteiger partial charge in [-0.3, -0.25) is 4.98 Å². The van der Waals surface area contributed by atoms with E-state index in [9.17, 15) is 4.79 Å². The fourth-order valence-electron chi connectivity index (χ4n) is 1.20. The van der Waals surface area contributed by atoms with E-state index in [0.29, 0.717) is 21.4 Å². The minimum absolute atomic E-state index is 0.390. The third kappa shape index (κ3) is 2.93. The SMILES string of the molecule is O=c1nccc(N=Cc2c(Cl)cccc2Cl)[nH]1. The number of nitrogens with zero attached hydrogens (tertiary/aromatic N) is 2. The molecule has 0 spiro atoms. The maximum absolute atomic E-state index is 10.9. The molecule has 0 aliphatic heterocycles.